The minimum Gasteiger partial charge on any atom is -0.315 e. The second kappa shape index (κ2) is 7.39. The lowest BCUT2D eigenvalue weighted by molar-refractivity contribution is 0.0708. The van der Waals surface area contributed by atoms with Crippen molar-refractivity contribution in [2.45, 2.75) is 44.8 Å². The van der Waals surface area contributed by atoms with Gasteiger partial charge in [0.05, 0.1) is 0 Å². The van der Waals surface area contributed by atoms with Crippen LogP contribution in [0.5, 0.6) is 0 Å². The molecule has 2 unspecified atom stereocenters. The Labute approximate surface area is 129 Å². The van der Waals surface area contributed by atoms with Gasteiger partial charge in [-0.15, -0.1) is 0 Å². The number of hydrogen-bond donors (Lipinski definition) is 1. The zero-order valence-corrected chi connectivity index (χ0v) is 13.3. The molecule has 0 saturated carbocycles. The third-order valence-electron chi connectivity index (χ3n) is 5.07. The quantitative estimate of drug-likeness (QED) is 0.897. The van der Waals surface area contributed by atoms with Crippen LogP contribution in [0.3, 0.4) is 0 Å². The van der Waals surface area contributed by atoms with E-state index in [4.69, 9.17) is 0 Å². The van der Waals surface area contributed by atoms with E-state index in [0.29, 0.717) is 0 Å². The van der Waals surface area contributed by atoms with Crippen LogP contribution in [0.25, 0.3) is 0 Å². The van der Waals surface area contributed by atoms with Gasteiger partial charge in [0.1, 0.15) is 0 Å². The highest BCUT2D eigenvalue weighted by molar-refractivity contribution is 5.14. The molecule has 2 aliphatic heterocycles. The molecular formula is C18H29N3. The second-order valence-electron chi connectivity index (χ2n) is 6.49. The molecule has 1 aromatic rings. The summed E-state index contributed by atoms with van der Waals surface area (Å²) in [6.45, 7) is 9.50. The molecule has 3 nitrogen and oxygen atoms in total. The molecule has 21 heavy (non-hydrogen) atoms. The maximum absolute atomic E-state index is 3.52. The van der Waals surface area contributed by atoms with Crippen LogP contribution in [-0.4, -0.2) is 54.6 Å². The molecular weight excluding hydrogens is 258 g/mol. The molecule has 0 bridgehead atoms. The molecule has 2 saturated heterocycles. The van der Waals surface area contributed by atoms with E-state index >= 15 is 0 Å². The van der Waals surface area contributed by atoms with Crippen LogP contribution in [-0.2, 0) is 6.54 Å². The van der Waals surface area contributed by atoms with E-state index in [2.05, 4.69) is 52.4 Å². The number of likely N-dealkylation sites (tertiary alicyclic amines) is 1. The van der Waals surface area contributed by atoms with Gasteiger partial charge in [-0.25, -0.2) is 0 Å². The topological polar surface area (TPSA) is 18.5 Å². The van der Waals surface area contributed by atoms with Gasteiger partial charge in [0.25, 0.3) is 0 Å². The van der Waals surface area contributed by atoms with Gasteiger partial charge in [-0.1, -0.05) is 37.3 Å². The van der Waals surface area contributed by atoms with Gasteiger partial charge >= 0.3 is 0 Å². The van der Waals surface area contributed by atoms with Crippen molar-refractivity contribution in [3.63, 3.8) is 0 Å². The smallest absolute Gasteiger partial charge is 0.0236 e. The molecule has 3 rings (SSSR count). The van der Waals surface area contributed by atoms with E-state index < -0.39 is 0 Å². The van der Waals surface area contributed by atoms with E-state index in [1.165, 1.54) is 57.5 Å². The zero-order chi connectivity index (χ0) is 14.5. The first-order valence-corrected chi connectivity index (χ1v) is 8.59. The van der Waals surface area contributed by atoms with Gasteiger partial charge < -0.3 is 5.32 Å². The maximum atomic E-state index is 3.52. The van der Waals surface area contributed by atoms with E-state index in [-0.39, 0.29) is 0 Å². The van der Waals surface area contributed by atoms with Gasteiger partial charge in [0.15, 0.2) is 0 Å². The predicted molar refractivity (Wildman–Crippen MR) is 88.4 cm³/mol. The van der Waals surface area contributed by atoms with Crippen molar-refractivity contribution in [3.8, 4) is 0 Å². The summed E-state index contributed by atoms with van der Waals surface area (Å²) in [6, 6.07) is 12.4. The Morgan fingerprint density at radius 2 is 2.05 bits per heavy atom. The number of nitrogens with one attached hydrogen (secondary N) is 1. The maximum Gasteiger partial charge on any atom is 0.0236 e. The van der Waals surface area contributed by atoms with Crippen LogP contribution in [0.1, 0.15) is 31.7 Å². The number of hydrogen-bond acceptors (Lipinski definition) is 3. The number of benzene rings is 1. The molecule has 1 aromatic carbocycles. The minimum atomic E-state index is 0.748. The van der Waals surface area contributed by atoms with E-state index in [1.54, 1.807) is 0 Å². The summed E-state index contributed by atoms with van der Waals surface area (Å²) >= 11 is 0. The normalized spacial score (nSPS) is 27.3. The predicted octanol–water partition coefficient (Wildman–Crippen LogP) is 2.33. The number of piperidine rings is 1. The summed E-state index contributed by atoms with van der Waals surface area (Å²) in [7, 11) is 0. The molecule has 0 radical (unpaired) electrons. The molecule has 2 heterocycles. The summed E-state index contributed by atoms with van der Waals surface area (Å²) in [5, 5.41) is 3.52. The molecule has 2 aliphatic rings. The summed E-state index contributed by atoms with van der Waals surface area (Å²) in [4.78, 5) is 5.41. The fourth-order valence-electron chi connectivity index (χ4n) is 4.02. The lowest BCUT2D eigenvalue weighted by Crippen LogP contribution is -2.51. The molecule has 0 aromatic heterocycles. The highest BCUT2D eigenvalue weighted by Gasteiger charge is 2.30. The largest absolute Gasteiger partial charge is 0.315 e. The van der Waals surface area contributed by atoms with Gasteiger partial charge in [0, 0.05) is 31.7 Å². The van der Waals surface area contributed by atoms with Crippen molar-refractivity contribution in [1.82, 2.24) is 15.1 Å². The zero-order valence-electron chi connectivity index (χ0n) is 13.3. The minimum absolute atomic E-state index is 0.748. The third kappa shape index (κ3) is 3.85. The first-order valence-electron chi connectivity index (χ1n) is 8.59. The van der Waals surface area contributed by atoms with Crippen molar-refractivity contribution in [2.75, 3.05) is 32.7 Å². The van der Waals surface area contributed by atoms with Crippen molar-refractivity contribution < 1.29 is 0 Å². The van der Waals surface area contributed by atoms with Crippen LogP contribution in [0.15, 0.2) is 30.3 Å². The molecule has 0 amide bonds. The Kier molecular flexibility index (Phi) is 5.28. The molecule has 3 heteroatoms. The molecule has 2 fully saturated rings. The Balaban J connectivity index is 1.59. The first-order chi connectivity index (χ1) is 10.4. The van der Waals surface area contributed by atoms with Crippen molar-refractivity contribution in [1.29, 1.82) is 0 Å². The summed E-state index contributed by atoms with van der Waals surface area (Å²) in [5.74, 6) is 0. The average molecular weight is 287 g/mol. The van der Waals surface area contributed by atoms with E-state index in [0.717, 1.165) is 18.6 Å². The number of rotatable bonds is 5. The van der Waals surface area contributed by atoms with Crippen molar-refractivity contribution >= 4 is 0 Å². The third-order valence-corrected chi connectivity index (χ3v) is 5.07. The molecule has 0 aliphatic carbocycles. The fraction of sp³-hybridized carbons (Fsp3) is 0.667. The SMILES string of the molecule is CCN(C1CCNC1)C1CCCN(Cc2ccccc2)C1. The molecule has 1 N–H and O–H groups in total. The fourth-order valence-corrected chi connectivity index (χ4v) is 4.02. The summed E-state index contributed by atoms with van der Waals surface area (Å²) in [6.07, 6.45) is 4.03. The Bertz CT molecular complexity index is 414. The Morgan fingerprint density at radius 1 is 1.19 bits per heavy atom. The van der Waals surface area contributed by atoms with Crippen molar-refractivity contribution in [2.24, 2.45) is 0 Å². The highest BCUT2D eigenvalue weighted by Crippen LogP contribution is 2.21. The van der Waals surface area contributed by atoms with Crippen molar-refractivity contribution in [3.05, 3.63) is 35.9 Å². The lowest BCUT2D eigenvalue weighted by Gasteiger charge is -2.41. The second-order valence-corrected chi connectivity index (χ2v) is 6.49. The molecule has 116 valence electrons. The lowest BCUT2D eigenvalue weighted by atomic mass is 10.0. The van der Waals surface area contributed by atoms with Gasteiger partial charge in [-0.05, 0) is 44.5 Å². The van der Waals surface area contributed by atoms with E-state index in [9.17, 15) is 0 Å². The number of nitrogens with zero attached hydrogens (tertiary/aromatic N) is 2. The van der Waals surface area contributed by atoms with Crippen LogP contribution in [0.2, 0.25) is 0 Å². The monoisotopic (exact) mass is 287 g/mol. The Hall–Kier alpha value is -0.900. The van der Waals surface area contributed by atoms with Crippen LogP contribution < -0.4 is 5.32 Å². The van der Waals surface area contributed by atoms with Gasteiger partial charge in [0.2, 0.25) is 0 Å². The van der Waals surface area contributed by atoms with Crippen LogP contribution >= 0.6 is 0 Å². The van der Waals surface area contributed by atoms with E-state index in [1.807, 2.05) is 0 Å². The highest BCUT2D eigenvalue weighted by atomic mass is 15.3. The standard InChI is InChI=1S/C18H29N3/c1-2-21(17-10-11-19-13-17)18-9-6-12-20(15-18)14-16-7-4-3-5-8-16/h3-5,7-8,17-19H,2,6,9-15H2,1H3. The summed E-state index contributed by atoms with van der Waals surface area (Å²) in [5.41, 5.74) is 1.45. The van der Waals surface area contributed by atoms with Crippen LogP contribution in [0.4, 0.5) is 0 Å². The molecule has 2 atom stereocenters. The van der Waals surface area contributed by atoms with Gasteiger partial charge in [-0.3, -0.25) is 9.80 Å². The Morgan fingerprint density at radius 3 is 2.76 bits per heavy atom. The van der Waals surface area contributed by atoms with Crippen LogP contribution in [0, 0.1) is 0 Å². The molecule has 0 spiro atoms. The number of likely N-dealkylation sites (N-methyl/N-ethyl adjacent to an activating group) is 1. The summed E-state index contributed by atoms with van der Waals surface area (Å²) < 4.78 is 0. The first kappa shape index (κ1) is 15.0. The van der Waals surface area contributed by atoms with Gasteiger partial charge in [-0.2, -0.15) is 0 Å². The average Bonchev–Trinajstić information content (AvgIpc) is 3.04.